The number of phenols is 1. The zero-order valence-corrected chi connectivity index (χ0v) is 9.43. The van der Waals surface area contributed by atoms with Gasteiger partial charge in [0.25, 0.3) is 0 Å². The highest BCUT2D eigenvalue weighted by Crippen LogP contribution is 2.16. The van der Waals surface area contributed by atoms with E-state index in [0.29, 0.717) is 25.3 Å². The van der Waals surface area contributed by atoms with Gasteiger partial charge in [-0.1, -0.05) is 18.2 Å². The van der Waals surface area contributed by atoms with E-state index in [1.165, 1.54) is 0 Å². The maximum Gasteiger partial charge on any atom is 0.227 e. The summed E-state index contributed by atoms with van der Waals surface area (Å²) in [5.41, 5.74) is 6.43. The molecule has 0 bridgehead atoms. The zero-order valence-electron chi connectivity index (χ0n) is 9.43. The van der Waals surface area contributed by atoms with Crippen LogP contribution in [0.2, 0.25) is 0 Å². The maximum absolute atomic E-state index is 11.8. The van der Waals surface area contributed by atoms with Crippen molar-refractivity contribution in [1.29, 1.82) is 0 Å². The smallest absolute Gasteiger partial charge is 0.227 e. The van der Waals surface area contributed by atoms with E-state index in [9.17, 15) is 9.90 Å². The molecule has 0 spiro atoms. The van der Waals surface area contributed by atoms with Crippen LogP contribution in [0.15, 0.2) is 24.3 Å². The van der Waals surface area contributed by atoms with Crippen molar-refractivity contribution in [2.24, 2.45) is 11.7 Å². The molecule has 1 aromatic carbocycles. The molecule has 1 saturated heterocycles. The number of nitrogens with two attached hydrogens (primary N) is 1. The van der Waals surface area contributed by atoms with Gasteiger partial charge in [0.15, 0.2) is 0 Å². The summed E-state index contributed by atoms with van der Waals surface area (Å²) >= 11 is 0. The topological polar surface area (TPSA) is 84.6 Å². The molecule has 17 heavy (non-hydrogen) atoms. The number of amides is 1. The fourth-order valence-electron chi connectivity index (χ4n) is 1.81. The summed E-state index contributed by atoms with van der Waals surface area (Å²) in [7, 11) is 0. The second-order valence-corrected chi connectivity index (χ2v) is 4.15. The molecule has 1 aromatic rings. The second-order valence-electron chi connectivity index (χ2n) is 4.15. The minimum atomic E-state index is -0.291. The number of hydrogen-bond acceptors (Lipinski definition) is 4. The molecule has 4 N–H and O–H groups in total. The van der Waals surface area contributed by atoms with Crippen LogP contribution in [0.3, 0.4) is 0 Å². The Morgan fingerprint density at radius 1 is 1.47 bits per heavy atom. The molecule has 1 amide bonds. The van der Waals surface area contributed by atoms with Gasteiger partial charge in [-0.05, 0) is 6.07 Å². The first kappa shape index (κ1) is 11.9. The monoisotopic (exact) mass is 236 g/mol. The number of carbonyl (C=O) groups excluding carboxylic acids is 1. The Bertz CT molecular complexity index is 408. The molecule has 2 unspecified atom stereocenters. The van der Waals surface area contributed by atoms with Crippen LogP contribution >= 0.6 is 0 Å². The molecule has 0 aliphatic carbocycles. The standard InChI is InChI=1S/C12H16N2O3/c13-10-7-17-6-9(10)12(16)14-5-8-3-1-2-4-11(8)15/h1-4,9-10,15H,5-7,13H2,(H,14,16). The number of nitrogens with one attached hydrogen (secondary N) is 1. The Labute approximate surface area is 99.6 Å². The summed E-state index contributed by atoms with van der Waals surface area (Å²) in [5.74, 6) is -0.237. The van der Waals surface area contributed by atoms with E-state index in [-0.39, 0.29) is 23.6 Å². The number of rotatable bonds is 3. The minimum Gasteiger partial charge on any atom is -0.508 e. The van der Waals surface area contributed by atoms with Crippen LogP contribution in [0.4, 0.5) is 0 Å². The van der Waals surface area contributed by atoms with E-state index in [1.54, 1.807) is 18.2 Å². The molecule has 0 aromatic heterocycles. The van der Waals surface area contributed by atoms with Crippen molar-refractivity contribution in [2.75, 3.05) is 13.2 Å². The number of phenolic OH excluding ortho intramolecular Hbond substituents is 1. The fraction of sp³-hybridized carbons (Fsp3) is 0.417. The van der Waals surface area contributed by atoms with Crippen LogP contribution < -0.4 is 11.1 Å². The molecule has 1 fully saturated rings. The Morgan fingerprint density at radius 2 is 2.24 bits per heavy atom. The summed E-state index contributed by atoms with van der Waals surface area (Å²) in [6.45, 7) is 1.09. The van der Waals surface area contributed by atoms with Crippen LogP contribution in [-0.2, 0) is 16.1 Å². The quantitative estimate of drug-likeness (QED) is 0.688. The Balaban J connectivity index is 1.90. The number of ether oxygens (including phenoxy) is 1. The van der Waals surface area contributed by atoms with E-state index in [2.05, 4.69) is 5.32 Å². The molecule has 0 saturated carbocycles. The van der Waals surface area contributed by atoms with E-state index in [0.717, 1.165) is 0 Å². The molecule has 92 valence electrons. The fourth-order valence-corrected chi connectivity index (χ4v) is 1.81. The molecule has 1 aliphatic heterocycles. The van der Waals surface area contributed by atoms with E-state index >= 15 is 0 Å². The van der Waals surface area contributed by atoms with E-state index in [4.69, 9.17) is 10.5 Å². The van der Waals surface area contributed by atoms with Crippen LogP contribution in [0, 0.1) is 5.92 Å². The molecule has 0 radical (unpaired) electrons. The SMILES string of the molecule is NC1COCC1C(=O)NCc1ccccc1O. The Kier molecular flexibility index (Phi) is 3.61. The highest BCUT2D eigenvalue weighted by molar-refractivity contribution is 5.79. The zero-order chi connectivity index (χ0) is 12.3. The van der Waals surface area contributed by atoms with Crippen LogP contribution in [0.5, 0.6) is 5.75 Å². The van der Waals surface area contributed by atoms with Crippen molar-refractivity contribution in [1.82, 2.24) is 5.32 Å². The summed E-state index contributed by atoms with van der Waals surface area (Å²) in [6, 6.07) is 6.67. The Morgan fingerprint density at radius 3 is 2.88 bits per heavy atom. The number of para-hydroxylation sites is 1. The van der Waals surface area contributed by atoms with Gasteiger partial charge in [0.2, 0.25) is 5.91 Å². The number of hydrogen-bond donors (Lipinski definition) is 3. The van der Waals surface area contributed by atoms with Crippen LogP contribution in [-0.4, -0.2) is 30.3 Å². The van der Waals surface area contributed by atoms with Gasteiger partial charge in [-0.3, -0.25) is 4.79 Å². The van der Waals surface area contributed by atoms with Gasteiger partial charge in [0, 0.05) is 18.2 Å². The van der Waals surface area contributed by atoms with Gasteiger partial charge in [-0.2, -0.15) is 0 Å². The Hall–Kier alpha value is -1.59. The maximum atomic E-state index is 11.8. The number of aromatic hydroxyl groups is 1. The molecule has 2 atom stereocenters. The molecule has 2 rings (SSSR count). The normalized spacial score (nSPS) is 23.6. The van der Waals surface area contributed by atoms with E-state index in [1.807, 2.05) is 6.07 Å². The first-order chi connectivity index (χ1) is 8.18. The summed E-state index contributed by atoms with van der Waals surface area (Å²) in [6.07, 6.45) is 0. The minimum absolute atomic E-state index is 0.127. The van der Waals surface area contributed by atoms with E-state index < -0.39 is 0 Å². The van der Waals surface area contributed by atoms with Crippen LogP contribution in [0.25, 0.3) is 0 Å². The molecule has 5 nitrogen and oxygen atoms in total. The number of carbonyl (C=O) groups is 1. The summed E-state index contributed by atoms with van der Waals surface area (Å²) in [5, 5.41) is 12.3. The van der Waals surface area contributed by atoms with Crippen molar-refractivity contribution in [2.45, 2.75) is 12.6 Å². The highest BCUT2D eigenvalue weighted by atomic mass is 16.5. The number of benzene rings is 1. The van der Waals surface area contributed by atoms with Gasteiger partial charge in [0.05, 0.1) is 19.1 Å². The highest BCUT2D eigenvalue weighted by Gasteiger charge is 2.31. The van der Waals surface area contributed by atoms with Crippen LogP contribution in [0.1, 0.15) is 5.56 Å². The first-order valence-electron chi connectivity index (χ1n) is 5.56. The average Bonchev–Trinajstić information content (AvgIpc) is 2.74. The summed E-state index contributed by atoms with van der Waals surface area (Å²) in [4.78, 5) is 11.8. The third-order valence-corrected chi connectivity index (χ3v) is 2.91. The lowest BCUT2D eigenvalue weighted by Gasteiger charge is -2.13. The molecular formula is C12H16N2O3. The third kappa shape index (κ3) is 2.75. The lowest BCUT2D eigenvalue weighted by Crippen LogP contribution is -2.40. The van der Waals surface area contributed by atoms with Gasteiger partial charge in [-0.15, -0.1) is 0 Å². The molecular weight excluding hydrogens is 220 g/mol. The average molecular weight is 236 g/mol. The van der Waals surface area contributed by atoms with Gasteiger partial charge in [0.1, 0.15) is 5.75 Å². The lowest BCUT2D eigenvalue weighted by atomic mass is 10.0. The third-order valence-electron chi connectivity index (χ3n) is 2.91. The predicted molar refractivity (Wildman–Crippen MR) is 62.2 cm³/mol. The van der Waals surface area contributed by atoms with Crippen molar-refractivity contribution in [3.63, 3.8) is 0 Å². The predicted octanol–water partition coefficient (Wildman–Crippen LogP) is -0.0179. The van der Waals surface area contributed by atoms with Crippen molar-refractivity contribution < 1.29 is 14.6 Å². The molecule has 1 aliphatic rings. The first-order valence-corrected chi connectivity index (χ1v) is 5.56. The van der Waals surface area contributed by atoms with Crippen molar-refractivity contribution in [3.05, 3.63) is 29.8 Å². The van der Waals surface area contributed by atoms with Crippen molar-refractivity contribution in [3.8, 4) is 5.75 Å². The summed E-state index contributed by atoms with van der Waals surface area (Å²) < 4.78 is 5.13. The van der Waals surface area contributed by atoms with Gasteiger partial charge >= 0.3 is 0 Å². The van der Waals surface area contributed by atoms with Gasteiger partial charge < -0.3 is 20.9 Å². The molecule has 5 heteroatoms. The van der Waals surface area contributed by atoms with Gasteiger partial charge in [-0.25, -0.2) is 0 Å². The molecule has 1 heterocycles. The second kappa shape index (κ2) is 5.16. The van der Waals surface area contributed by atoms with Crippen molar-refractivity contribution >= 4 is 5.91 Å². The lowest BCUT2D eigenvalue weighted by molar-refractivity contribution is -0.125. The largest absolute Gasteiger partial charge is 0.508 e.